The van der Waals surface area contributed by atoms with Crippen LogP contribution in [0.4, 0.5) is 10.2 Å². The second-order valence-electron chi connectivity index (χ2n) is 5.80. The smallest absolute Gasteiger partial charge is 0.227 e. The number of anilines is 1. The van der Waals surface area contributed by atoms with Crippen LogP contribution in [0.1, 0.15) is 5.82 Å². The standard InChI is InChI=1S/C18H13Cl2FN6O2/c1-28-9-2-4-12(10(19)6-9)29-16-7-14(26-18(20)27-16)22-8-15-23-11-3-5-13(21)24-17(11)25-15/h2-7H,8H2,1H3,(H,22,26,27)(H,23,24,25). The van der Waals surface area contributed by atoms with Gasteiger partial charge in [0.1, 0.15) is 23.1 Å². The number of ether oxygens (including phenoxy) is 2. The molecule has 4 rings (SSSR count). The minimum absolute atomic E-state index is 0.0111. The van der Waals surface area contributed by atoms with E-state index < -0.39 is 5.95 Å². The van der Waals surface area contributed by atoms with Gasteiger partial charge in [-0.1, -0.05) is 11.6 Å². The molecule has 0 atom stereocenters. The second-order valence-corrected chi connectivity index (χ2v) is 6.55. The number of fused-ring (bicyclic) bond motifs is 1. The lowest BCUT2D eigenvalue weighted by atomic mass is 10.3. The van der Waals surface area contributed by atoms with Gasteiger partial charge < -0.3 is 19.8 Å². The van der Waals surface area contributed by atoms with Gasteiger partial charge in [-0.3, -0.25) is 0 Å². The third-order valence-corrected chi connectivity index (χ3v) is 4.29. The molecule has 3 heterocycles. The average molecular weight is 435 g/mol. The first-order chi connectivity index (χ1) is 14.0. The molecule has 0 bridgehead atoms. The number of methoxy groups -OCH3 is 1. The van der Waals surface area contributed by atoms with Crippen molar-refractivity contribution in [2.45, 2.75) is 6.54 Å². The Hall–Kier alpha value is -3.17. The fourth-order valence-electron chi connectivity index (χ4n) is 2.52. The molecule has 11 heteroatoms. The highest BCUT2D eigenvalue weighted by Crippen LogP contribution is 2.32. The first-order valence-corrected chi connectivity index (χ1v) is 9.07. The Morgan fingerprint density at radius 3 is 2.72 bits per heavy atom. The molecular weight excluding hydrogens is 422 g/mol. The Morgan fingerprint density at radius 1 is 1.07 bits per heavy atom. The molecule has 0 aliphatic rings. The summed E-state index contributed by atoms with van der Waals surface area (Å²) in [7, 11) is 1.54. The van der Waals surface area contributed by atoms with Crippen molar-refractivity contribution in [1.29, 1.82) is 0 Å². The summed E-state index contributed by atoms with van der Waals surface area (Å²) in [5.41, 5.74) is 0.919. The quantitative estimate of drug-likeness (QED) is 0.337. The summed E-state index contributed by atoms with van der Waals surface area (Å²) in [6.07, 6.45) is 0. The predicted octanol–water partition coefficient (Wildman–Crippen LogP) is 4.61. The Bertz CT molecular complexity index is 1190. The number of aromatic amines is 1. The number of hydrogen-bond donors (Lipinski definition) is 2. The summed E-state index contributed by atoms with van der Waals surface area (Å²) in [5, 5.41) is 3.40. The van der Waals surface area contributed by atoms with E-state index in [0.717, 1.165) is 0 Å². The Kier molecular flexibility index (Phi) is 5.32. The van der Waals surface area contributed by atoms with E-state index in [-0.39, 0.29) is 17.7 Å². The van der Waals surface area contributed by atoms with E-state index in [1.807, 2.05) is 0 Å². The number of benzene rings is 1. The van der Waals surface area contributed by atoms with Gasteiger partial charge in [-0.15, -0.1) is 0 Å². The minimum atomic E-state index is -0.593. The van der Waals surface area contributed by atoms with Crippen molar-refractivity contribution in [3.8, 4) is 17.4 Å². The van der Waals surface area contributed by atoms with Crippen LogP contribution in [0.3, 0.4) is 0 Å². The molecule has 29 heavy (non-hydrogen) atoms. The van der Waals surface area contributed by atoms with Crippen LogP contribution in [-0.4, -0.2) is 32.0 Å². The normalized spacial score (nSPS) is 10.9. The summed E-state index contributed by atoms with van der Waals surface area (Å²) < 4.78 is 24.0. The molecule has 0 fully saturated rings. The molecule has 0 spiro atoms. The molecule has 3 aromatic heterocycles. The summed E-state index contributed by atoms with van der Waals surface area (Å²) >= 11 is 12.2. The van der Waals surface area contributed by atoms with Crippen molar-refractivity contribution < 1.29 is 13.9 Å². The van der Waals surface area contributed by atoms with Crippen LogP contribution in [0.15, 0.2) is 36.4 Å². The van der Waals surface area contributed by atoms with Gasteiger partial charge >= 0.3 is 0 Å². The number of halogens is 3. The molecule has 0 radical (unpaired) electrons. The summed E-state index contributed by atoms with van der Waals surface area (Å²) in [6, 6.07) is 9.38. The number of hydrogen-bond acceptors (Lipinski definition) is 7. The molecule has 1 aromatic carbocycles. The van der Waals surface area contributed by atoms with Crippen molar-refractivity contribution in [3.63, 3.8) is 0 Å². The maximum atomic E-state index is 13.2. The van der Waals surface area contributed by atoms with Crippen molar-refractivity contribution in [2.75, 3.05) is 12.4 Å². The molecule has 0 saturated heterocycles. The molecule has 2 N–H and O–H groups in total. The predicted molar refractivity (Wildman–Crippen MR) is 106 cm³/mol. The highest BCUT2D eigenvalue weighted by Gasteiger charge is 2.10. The number of pyridine rings is 1. The van der Waals surface area contributed by atoms with Crippen LogP contribution in [0.5, 0.6) is 17.4 Å². The lowest BCUT2D eigenvalue weighted by molar-refractivity contribution is 0.412. The largest absolute Gasteiger partial charge is 0.497 e. The second kappa shape index (κ2) is 8.06. The third-order valence-electron chi connectivity index (χ3n) is 3.83. The van der Waals surface area contributed by atoms with E-state index in [4.69, 9.17) is 32.7 Å². The SMILES string of the molecule is COc1ccc(Oc2cc(NCc3nc4nc(F)ccc4[nH]3)nc(Cl)n2)c(Cl)c1. The molecule has 0 saturated carbocycles. The lowest BCUT2D eigenvalue weighted by Gasteiger charge is -2.10. The van der Waals surface area contributed by atoms with Gasteiger partial charge in [0.05, 0.1) is 24.2 Å². The van der Waals surface area contributed by atoms with Gasteiger partial charge in [0.2, 0.25) is 17.1 Å². The van der Waals surface area contributed by atoms with Gasteiger partial charge in [-0.05, 0) is 35.9 Å². The van der Waals surface area contributed by atoms with Crippen molar-refractivity contribution in [1.82, 2.24) is 24.9 Å². The van der Waals surface area contributed by atoms with E-state index in [9.17, 15) is 4.39 Å². The van der Waals surface area contributed by atoms with Crippen LogP contribution >= 0.6 is 23.2 Å². The third kappa shape index (κ3) is 4.47. The fourth-order valence-corrected chi connectivity index (χ4v) is 2.90. The number of nitrogens with one attached hydrogen (secondary N) is 2. The van der Waals surface area contributed by atoms with Crippen molar-refractivity contribution in [3.05, 3.63) is 58.5 Å². The molecular formula is C18H13Cl2FN6O2. The van der Waals surface area contributed by atoms with Gasteiger partial charge in [0, 0.05) is 12.1 Å². The fraction of sp³-hybridized carbons (Fsp3) is 0.111. The molecule has 4 aromatic rings. The van der Waals surface area contributed by atoms with Crippen LogP contribution in [-0.2, 0) is 6.54 Å². The highest BCUT2D eigenvalue weighted by molar-refractivity contribution is 6.32. The zero-order valence-electron chi connectivity index (χ0n) is 14.9. The molecule has 0 aliphatic carbocycles. The van der Waals surface area contributed by atoms with E-state index >= 15 is 0 Å². The van der Waals surface area contributed by atoms with Gasteiger partial charge in [-0.2, -0.15) is 14.4 Å². The zero-order chi connectivity index (χ0) is 20.4. The van der Waals surface area contributed by atoms with Crippen LogP contribution in [0.2, 0.25) is 10.3 Å². The molecule has 0 amide bonds. The summed E-state index contributed by atoms with van der Waals surface area (Å²) in [4.78, 5) is 19.1. The molecule has 0 aliphatic heterocycles. The molecule has 8 nitrogen and oxygen atoms in total. The Balaban J connectivity index is 1.50. The van der Waals surface area contributed by atoms with E-state index in [0.29, 0.717) is 39.3 Å². The monoisotopic (exact) mass is 434 g/mol. The van der Waals surface area contributed by atoms with Crippen LogP contribution in [0, 0.1) is 5.95 Å². The van der Waals surface area contributed by atoms with E-state index in [1.54, 1.807) is 37.4 Å². The van der Waals surface area contributed by atoms with Gasteiger partial charge in [0.25, 0.3) is 0 Å². The first-order valence-electron chi connectivity index (χ1n) is 8.31. The number of aromatic nitrogens is 5. The average Bonchev–Trinajstić information content (AvgIpc) is 3.09. The Labute approximate surface area is 174 Å². The molecule has 0 unspecified atom stereocenters. The zero-order valence-corrected chi connectivity index (χ0v) is 16.4. The van der Waals surface area contributed by atoms with E-state index in [2.05, 4.69) is 30.2 Å². The number of nitrogens with zero attached hydrogens (tertiary/aromatic N) is 4. The highest BCUT2D eigenvalue weighted by atomic mass is 35.5. The lowest BCUT2D eigenvalue weighted by Crippen LogP contribution is -2.04. The minimum Gasteiger partial charge on any atom is -0.497 e. The van der Waals surface area contributed by atoms with Gasteiger partial charge in [-0.25, -0.2) is 9.97 Å². The maximum Gasteiger partial charge on any atom is 0.227 e. The van der Waals surface area contributed by atoms with Crippen LogP contribution in [0.25, 0.3) is 11.2 Å². The van der Waals surface area contributed by atoms with Crippen molar-refractivity contribution >= 4 is 40.2 Å². The number of H-pyrrole nitrogens is 1. The first kappa shape index (κ1) is 19.2. The number of rotatable bonds is 6. The summed E-state index contributed by atoms with van der Waals surface area (Å²) in [6.45, 7) is 0.272. The topological polar surface area (TPSA) is 97.8 Å². The van der Waals surface area contributed by atoms with E-state index in [1.165, 1.54) is 6.07 Å². The molecule has 148 valence electrons. The maximum absolute atomic E-state index is 13.2. The summed E-state index contributed by atoms with van der Waals surface area (Å²) in [5.74, 6) is 1.56. The number of imidazole rings is 1. The van der Waals surface area contributed by atoms with Gasteiger partial charge in [0.15, 0.2) is 5.65 Å². The van der Waals surface area contributed by atoms with Crippen molar-refractivity contribution in [2.24, 2.45) is 0 Å². The van der Waals surface area contributed by atoms with Crippen LogP contribution < -0.4 is 14.8 Å². The Morgan fingerprint density at radius 2 is 1.93 bits per heavy atom.